The number of hydrogen-bond donors (Lipinski definition) is 2. The summed E-state index contributed by atoms with van der Waals surface area (Å²) in [5.41, 5.74) is 2.28. The highest BCUT2D eigenvalue weighted by Crippen LogP contribution is 2.16. The van der Waals surface area contributed by atoms with Gasteiger partial charge in [0.15, 0.2) is 12.4 Å². The molecular weight excluding hydrogens is 330 g/mol. The lowest BCUT2D eigenvalue weighted by atomic mass is 10.1. The minimum atomic E-state index is -0.175. The molecule has 0 fully saturated rings. The number of H-pyrrole nitrogens is 1. The quantitative estimate of drug-likeness (QED) is 0.713. The number of aromatic amines is 1. The van der Waals surface area contributed by atoms with Crippen LogP contribution in [0.4, 0.5) is 0 Å². The summed E-state index contributed by atoms with van der Waals surface area (Å²) in [6, 6.07) is 16.3. The van der Waals surface area contributed by atoms with E-state index in [1.54, 1.807) is 24.3 Å². The van der Waals surface area contributed by atoms with Crippen molar-refractivity contribution in [2.45, 2.75) is 13.5 Å². The van der Waals surface area contributed by atoms with Gasteiger partial charge in [0, 0.05) is 17.7 Å². The number of hydrogen-bond acceptors (Lipinski definition) is 5. The van der Waals surface area contributed by atoms with Crippen molar-refractivity contribution in [3.63, 3.8) is 0 Å². The SMILES string of the molecule is Cc1nc(-c2ccc(C(=O)NCc3cccc(OCC#N)c3)cc2)n[nH]1. The summed E-state index contributed by atoms with van der Waals surface area (Å²) in [5, 5.41) is 18.3. The van der Waals surface area contributed by atoms with Crippen LogP contribution in [0.2, 0.25) is 0 Å². The molecule has 130 valence electrons. The first-order valence-electron chi connectivity index (χ1n) is 8.02. The van der Waals surface area contributed by atoms with Gasteiger partial charge in [-0.25, -0.2) is 4.98 Å². The van der Waals surface area contributed by atoms with Gasteiger partial charge in [-0.05, 0) is 36.8 Å². The summed E-state index contributed by atoms with van der Waals surface area (Å²) in [6.45, 7) is 2.19. The van der Waals surface area contributed by atoms with Crippen LogP contribution >= 0.6 is 0 Å². The van der Waals surface area contributed by atoms with Gasteiger partial charge < -0.3 is 10.1 Å². The Bertz CT molecular complexity index is 941. The minimum absolute atomic E-state index is 0.00740. The highest BCUT2D eigenvalue weighted by atomic mass is 16.5. The fourth-order valence-electron chi connectivity index (χ4n) is 2.39. The fraction of sp³-hybridized carbons (Fsp3) is 0.158. The van der Waals surface area contributed by atoms with Crippen LogP contribution in [0.25, 0.3) is 11.4 Å². The number of amides is 1. The molecule has 7 heteroatoms. The van der Waals surface area contributed by atoms with Gasteiger partial charge in [-0.2, -0.15) is 10.4 Å². The third-order valence-corrected chi connectivity index (χ3v) is 3.66. The van der Waals surface area contributed by atoms with Gasteiger partial charge in [-0.1, -0.05) is 24.3 Å². The Balaban J connectivity index is 1.61. The summed E-state index contributed by atoms with van der Waals surface area (Å²) in [6.07, 6.45) is 0. The number of rotatable bonds is 6. The molecule has 0 aliphatic heterocycles. The van der Waals surface area contributed by atoms with Crippen LogP contribution in [0.5, 0.6) is 5.75 Å². The molecule has 3 rings (SSSR count). The average molecular weight is 347 g/mol. The summed E-state index contributed by atoms with van der Waals surface area (Å²) >= 11 is 0. The number of aryl methyl sites for hydroxylation is 1. The predicted octanol–water partition coefficient (Wildman–Crippen LogP) is 2.61. The van der Waals surface area contributed by atoms with Crippen molar-refractivity contribution in [3.05, 3.63) is 65.5 Å². The molecule has 0 saturated heterocycles. The third-order valence-electron chi connectivity index (χ3n) is 3.66. The smallest absolute Gasteiger partial charge is 0.251 e. The molecule has 26 heavy (non-hydrogen) atoms. The van der Waals surface area contributed by atoms with Crippen molar-refractivity contribution in [2.75, 3.05) is 6.61 Å². The van der Waals surface area contributed by atoms with E-state index < -0.39 is 0 Å². The van der Waals surface area contributed by atoms with Gasteiger partial charge in [-0.15, -0.1) is 0 Å². The van der Waals surface area contributed by atoms with Gasteiger partial charge in [0.1, 0.15) is 17.6 Å². The molecule has 0 aliphatic rings. The predicted molar refractivity (Wildman–Crippen MR) is 95.3 cm³/mol. The molecule has 1 heterocycles. The third kappa shape index (κ3) is 4.24. The van der Waals surface area contributed by atoms with Crippen LogP contribution in [-0.4, -0.2) is 27.7 Å². The van der Waals surface area contributed by atoms with Crippen LogP contribution in [-0.2, 0) is 6.54 Å². The molecule has 1 amide bonds. The molecule has 0 atom stereocenters. The first kappa shape index (κ1) is 17.2. The molecule has 2 aromatic carbocycles. The van der Waals surface area contributed by atoms with E-state index >= 15 is 0 Å². The van der Waals surface area contributed by atoms with Crippen LogP contribution in [0.1, 0.15) is 21.7 Å². The standard InChI is InChI=1S/C19H17N5O2/c1-13-22-18(24-23-13)15-5-7-16(8-6-15)19(25)21-12-14-3-2-4-17(11-14)26-10-9-20/h2-8,11H,10,12H2,1H3,(H,21,25)(H,22,23,24). The number of nitrogens with zero attached hydrogens (tertiary/aromatic N) is 3. The lowest BCUT2D eigenvalue weighted by Crippen LogP contribution is -2.22. The van der Waals surface area contributed by atoms with Crippen molar-refractivity contribution >= 4 is 5.91 Å². The molecule has 0 radical (unpaired) electrons. The van der Waals surface area contributed by atoms with Crippen LogP contribution < -0.4 is 10.1 Å². The van der Waals surface area contributed by atoms with Gasteiger partial charge >= 0.3 is 0 Å². The Morgan fingerprint density at radius 1 is 1.27 bits per heavy atom. The zero-order valence-corrected chi connectivity index (χ0v) is 14.2. The number of carbonyl (C=O) groups excluding carboxylic acids is 1. The van der Waals surface area contributed by atoms with Crippen molar-refractivity contribution in [1.29, 1.82) is 5.26 Å². The Morgan fingerprint density at radius 2 is 2.08 bits per heavy atom. The van der Waals surface area contributed by atoms with Crippen molar-refractivity contribution in [3.8, 4) is 23.2 Å². The maximum Gasteiger partial charge on any atom is 0.251 e. The van der Waals surface area contributed by atoms with E-state index in [1.807, 2.05) is 37.3 Å². The van der Waals surface area contributed by atoms with Crippen LogP contribution in [0.15, 0.2) is 48.5 Å². The molecule has 7 nitrogen and oxygen atoms in total. The molecule has 2 N–H and O–H groups in total. The molecule has 0 saturated carbocycles. The maximum atomic E-state index is 12.3. The summed E-state index contributed by atoms with van der Waals surface area (Å²) in [4.78, 5) is 16.6. The number of benzene rings is 2. The van der Waals surface area contributed by atoms with Crippen molar-refractivity contribution in [1.82, 2.24) is 20.5 Å². The van der Waals surface area contributed by atoms with Crippen LogP contribution in [0, 0.1) is 18.3 Å². The highest BCUT2D eigenvalue weighted by molar-refractivity contribution is 5.94. The Hall–Kier alpha value is -3.66. The lowest BCUT2D eigenvalue weighted by Gasteiger charge is -2.08. The van der Waals surface area contributed by atoms with E-state index in [-0.39, 0.29) is 12.5 Å². The van der Waals surface area contributed by atoms with E-state index in [0.717, 1.165) is 17.0 Å². The number of nitrogens with one attached hydrogen (secondary N) is 2. The van der Waals surface area contributed by atoms with E-state index in [9.17, 15) is 4.79 Å². The zero-order chi connectivity index (χ0) is 18.4. The maximum absolute atomic E-state index is 12.3. The van der Waals surface area contributed by atoms with Gasteiger partial charge in [0.05, 0.1) is 0 Å². The molecule has 0 spiro atoms. The normalized spacial score (nSPS) is 10.2. The minimum Gasteiger partial charge on any atom is -0.479 e. The summed E-state index contributed by atoms with van der Waals surface area (Å²) in [5.74, 6) is 1.77. The molecule has 0 aliphatic carbocycles. The van der Waals surface area contributed by atoms with E-state index in [4.69, 9.17) is 10.00 Å². The topological polar surface area (TPSA) is 104 Å². The second-order valence-electron chi connectivity index (χ2n) is 5.60. The monoisotopic (exact) mass is 347 g/mol. The molecule has 0 bridgehead atoms. The second-order valence-corrected chi connectivity index (χ2v) is 5.60. The molecular formula is C19H17N5O2. The largest absolute Gasteiger partial charge is 0.479 e. The van der Waals surface area contributed by atoms with Crippen molar-refractivity contribution < 1.29 is 9.53 Å². The Labute approximate surface area is 150 Å². The second kappa shape index (κ2) is 7.94. The van der Waals surface area contributed by atoms with Gasteiger partial charge in [0.25, 0.3) is 5.91 Å². The van der Waals surface area contributed by atoms with E-state index in [1.165, 1.54) is 0 Å². The fourth-order valence-corrected chi connectivity index (χ4v) is 2.39. The highest BCUT2D eigenvalue weighted by Gasteiger charge is 2.08. The number of carbonyl (C=O) groups is 1. The van der Waals surface area contributed by atoms with E-state index in [2.05, 4.69) is 20.5 Å². The summed E-state index contributed by atoms with van der Waals surface area (Å²) < 4.78 is 5.26. The van der Waals surface area contributed by atoms with Gasteiger partial charge in [0.2, 0.25) is 0 Å². The first-order valence-corrected chi connectivity index (χ1v) is 8.02. The number of ether oxygens (including phenoxy) is 1. The molecule has 3 aromatic rings. The van der Waals surface area contributed by atoms with Crippen LogP contribution in [0.3, 0.4) is 0 Å². The van der Waals surface area contributed by atoms with E-state index in [0.29, 0.717) is 23.7 Å². The Morgan fingerprint density at radius 3 is 2.77 bits per heavy atom. The Kier molecular flexibility index (Phi) is 5.25. The van der Waals surface area contributed by atoms with Crippen molar-refractivity contribution in [2.24, 2.45) is 0 Å². The lowest BCUT2D eigenvalue weighted by molar-refractivity contribution is 0.0951. The molecule has 1 aromatic heterocycles. The molecule has 0 unspecified atom stereocenters. The van der Waals surface area contributed by atoms with Gasteiger partial charge in [-0.3, -0.25) is 9.89 Å². The zero-order valence-electron chi connectivity index (χ0n) is 14.2. The average Bonchev–Trinajstić information content (AvgIpc) is 3.11. The number of aromatic nitrogens is 3. The summed E-state index contributed by atoms with van der Waals surface area (Å²) in [7, 11) is 0. The first-order chi connectivity index (χ1) is 12.7. The number of nitriles is 1.